The van der Waals surface area contributed by atoms with Crippen LogP contribution in [0.15, 0.2) is 25.6 Å². The summed E-state index contributed by atoms with van der Waals surface area (Å²) in [7, 11) is 0. The molecule has 0 spiro atoms. The number of halogens is 3. The number of nitrogens with zero attached hydrogens (tertiary/aromatic N) is 3. The molecule has 0 amide bonds. The van der Waals surface area contributed by atoms with E-state index in [0.717, 1.165) is 19.1 Å². The van der Waals surface area contributed by atoms with Crippen LogP contribution in [0.25, 0.3) is 5.69 Å². The highest BCUT2D eigenvalue weighted by molar-refractivity contribution is 9.11. The standard InChI is InChI=1S/C11H8Br3N3O2/c1-2-8-9(11(18)19)15-16-17(8)10-6(13)3-5(12)4-7(10)14/h3-4H,2H2,1H3,(H,18,19). The number of hydrogen-bond acceptors (Lipinski definition) is 3. The van der Waals surface area contributed by atoms with Crippen LogP contribution in [0.1, 0.15) is 23.1 Å². The van der Waals surface area contributed by atoms with Gasteiger partial charge >= 0.3 is 5.97 Å². The lowest BCUT2D eigenvalue weighted by Gasteiger charge is -2.10. The summed E-state index contributed by atoms with van der Waals surface area (Å²) in [4.78, 5) is 11.1. The molecule has 0 radical (unpaired) electrons. The van der Waals surface area contributed by atoms with Crippen LogP contribution in [0.2, 0.25) is 0 Å². The lowest BCUT2D eigenvalue weighted by Crippen LogP contribution is -2.07. The summed E-state index contributed by atoms with van der Waals surface area (Å²) in [5.74, 6) is -1.08. The molecule has 1 heterocycles. The zero-order valence-electron chi connectivity index (χ0n) is 9.69. The van der Waals surface area contributed by atoms with E-state index in [1.807, 2.05) is 19.1 Å². The molecule has 0 fully saturated rings. The monoisotopic (exact) mass is 451 g/mol. The number of aromatic carboxylic acids is 1. The number of aromatic nitrogens is 3. The van der Waals surface area contributed by atoms with E-state index in [1.165, 1.54) is 4.68 Å². The zero-order valence-corrected chi connectivity index (χ0v) is 14.5. The van der Waals surface area contributed by atoms with Crippen LogP contribution in [-0.4, -0.2) is 26.1 Å². The second kappa shape index (κ2) is 5.72. The first-order valence-electron chi connectivity index (χ1n) is 5.28. The third kappa shape index (κ3) is 2.75. The maximum atomic E-state index is 11.1. The SMILES string of the molecule is CCc1c(C(=O)O)nnn1-c1c(Br)cc(Br)cc1Br. The molecular weight excluding hydrogens is 446 g/mol. The first-order chi connectivity index (χ1) is 8.95. The fourth-order valence-corrected chi connectivity index (χ4v) is 4.30. The highest BCUT2D eigenvalue weighted by Crippen LogP contribution is 2.33. The van der Waals surface area contributed by atoms with Crippen molar-refractivity contribution in [1.82, 2.24) is 15.0 Å². The molecule has 2 aromatic rings. The molecule has 8 heteroatoms. The molecule has 0 bridgehead atoms. The van der Waals surface area contributed by atoms with Gasteiger partial charge in [0.2, 0.25) is 0 Å². The summed E-state index contributed by atoms with van der Waals surface area (Å²) in [6.45, 7) is 1.86. The number of carbonyl (C=O) groups is 1. The van der Waals surface area contributed by atoms with Crippen molar-refractivity contribution in [2.75, 3.05) is 0 Å². The van der Waals surface area contributed by atoms with Crippen LogP contribution in [0.4, 0.5) is 0 Å². The van der Waals surface area contributed by atoms with E-state index in [1.54, 1.807) is 0 Å². The van der Waals surface area contributed by atoms with Gasteiger partial charge in [-0.3, -0.25) is 0 Å². The topological polar surface area (TPSA) is 68.0 Å². The summed E-state index contributed by atoms with van der Waals surface area (Å²) in [5, 5.41) is 16.8. The predicted octanol–water partition coefficient (Wildman–Crippen LogP) is 3.82. The van der Waals surface area contributed by atoms with E-state index in [4.69, 9.17) is 5.11 Å². The largest absolute Gasteiger partial charge is 0.476 e. The first-order valence-corrected chi connectivity index (χ1v) is 7.66. The summed E-state index contributed by atoms with van der Waals surface area (Å²) in [6, 6.07) is 3.73. The van der Waals surface area contributed by atoms with Crippen LogP contribution < -0.4 is 0 Å². The Hall–Kier alpha value is -0.730. The van der Waals surface area contributed by atoms with Crippen LogP contribution in [0.3, 0.4) is 0 Å². The molecule has 0 unspecified atom stereocenters. The average molecular weight is 454 g/mol. The molecule has 19 heavy (non-hydrogen) atoms. The third-order valence-corrected chi connectivity index (χ3v) is 4.16. The van der Waals surface area contributed by atoms with Crippen LogP contribution in [0, 0.1) is 0 Å². The minimum absolute atomic E-state index is 0.0239. The zero-order chi connectivity index (χ0) is 14.2. The van der Waals surface area contributed by atoms with Gasteiger partial charge in [0.1, 0.15) is 0 Å². The fraction of sp³-hybridized carbons (Fsp3) is 0.182. The third-order valence-electron chi connectivity index (χ3n) is 2.49. The second-order valence-electron chi connectivity index (χ2n) is 3.67. The van der Waals surface area contributed by atoms with E-state index in [2.05, 4.69) is 58.1 Å². The van der Waals surface area contributed by atoms with Crippen LogP contribution in [0.5, 0.6) is 0 Å². The van der Waals surface area contributed by atoms with Crippen molar-refractivity contribution in [3.05, 3.63) is 36.9 Å². The van der Waals surface area contributed by atoms with Gasteiger partial charge in [0, 0.05) is 13.4 Å². The van der Waals surface area contributed by atoms with Crippen molar-refractivity contribution < 1.29 is 9.90 Å². The van der Waals surface area contributed by atoms with E-state index < -0.39 is 5.97 Å². The van der Waals surface area contributed by atoms with Gasteiger partial charge in [-0.25, -0.2) is 9.48 Å². The van der Waals surface area contributed by atoms with E-state index in [9.17, 15) is 4.79 Å². The molecule has 0 atom stereocenters. The van der Waals surface area contributed by atoms with Gasteiger partial charge in [0.15, 0.2) is 5.69 Å². The lowest BCUT2D eigenvalue weighted by atomic mass is 10.2. The molecular formula is C11H8Br3N3O2. The minimum atomic E-state index is -1.08. The van der Waals surface area contributed by atoms with Gasteiger partial charge < -0.3 is 5.11 Å². The predicted molar refractivity (Wildman–Crippen MR) is 80.8 cm³/mol. The molecule has 0 aliphatic carbocycles. The highest BCUT2D eigenvalue weighted by Gasteiger charge is 2.21. The fourth-order valence-electron chi connectivity index (χ4n) is 1.70. The van der Waals surface area contributed by atoms with Gasteiger partial charge in [-0.2, -0.15) is 0 Å². The highest BCUT2D eigenvalue weighted by atomic mass is 79.9. The lowest BCUT2D eigenvalue weighted by molar-refractivity contribution is 0.0689. The quantitative estimate of drug-likeness (QED) is 0.767. The Bertz CT molecular complexity index is 632. The van der Waals surface area contributed by atoms with Crippen molar-refractivity contribution in [1.29, 1.82) is 0 Å². The van der Waals surface area contributed by atoms with Crippen LogP contribution in [-0.2, 0) is 6.42 Å². The summed E-state index contributed by atoms with van der Waals surface area (Å²) in [5.41, 5.74) is 1.25. The molecule has 0 saturated carbocycles. The number of carboxylic acids is 1. The van der Waals surface area contributed by atoms with Crippen molar-refractivity contribution in [2.24, 2.45) is 0 Å². The molecule has 1 N–H and O–H groups in total. The van der Waals surface area contributed by atoms with Crippen LogP contribution >= 0.6 is 47.8 Å². The van der Waals surface area contributed by atoms with Gasteiger partial charge in [-0.15, -0.1) is 5.10 Å². The van der Waals surface area contributed by atoms with Crippen molar-refractivity contribution in [3.63, 3.8) is 0 Å². The van der Waals surface area contributed by atoms with E-state index in [-0.39, 0.29) is 5.69 Å². The Morgan fingerprint density at radius 3 is 2.37 bits per heavy atom. The van der Waals surface area contributed by atoms with Crippen molar-refractivity contribution >= 4 is 53.8 Å². The summed E-state index contributed by atoms with van der Waals surface area (Å²) >= 11 is 10.3. The maximum Gasteiger partial charge on any atom is 0.358 e. The second-order valence-corrected chi connectivity index (χ2v) is 6.30. The Kier molecular flexibility index (Phi) is 4.42. The molecule has 100 valence electrons. The number of rotatable bonds is 3. The average Bonchev–Trinajstić information content (AvgIpc) is 2.71. The molecule has 1 aromatic heterocycles. The van der Waals surface area contributed by atoms with Gasteiger partial charge in [0.25, 0.3) is 0 Å². The molecule has 2 rings (SSSR count). The minimum Gasteiger partial charge on any atom is -0.476 e. The smallest absolute Gasteiger partial charge is 0.358 e. The summed E-state index contributed by atoms with van der Waals surface area (Å²) < 4.78 is 3.99. The van der Waals surface area contributed by atoms with Crippen molar-refractivity contribution in [2.45, 2.75) is 13.3 Å². The molecule has 1 aromatic carbocycles. The molecule has 0 saturated heterocycles. The molecule has 5 nitrogen and oxygen atoms in total. The normalized spacial score (nSPS) is 10.7. The Labute approximate surface area is 134 Å². The summed E-state index contributed by atoms with van der Waals surface area (Å²) in [6.07, 6.45) is 0.517. The van der Waals surface area contributed by atoms with E-state index in [0.29, 0.717) is 12.1 Å². The van der Waals surface area contributed by atoms with E-state index >= 15 is 0 Å². The Morgan fingerprint density at radius 2 is 1.89 bits per heavy atom. The number of hydrogen-bond donors (Lipinski definition) is 1. The first kappa shape index (κ1) is 14.7. The molecule has 0 aliphatic rings. The number of carboxylic acid groups (broad SMARTS) is 1. The Morgan fingerprint density at radius 1 is 1.32 bits per heavy atom. The maximum absolute atomic E-state index is 11.1. The van der Waals surface area contributed by atoms with Gasteiger partial charge in [-0.05, 0) is 50.4 Å². The van der Waals surface area contributed by atoms with Crippen molar-refractivity contribution in [3.8, 4) is 5.69 Å². The Balaban J connectivity index is 2.69. The van der Waals surface area contributed by atoms with Gasteiger partial charge in [0.05, 0.1) is 11.4 Å². The van der Waals surface area contributed by atoms with Gasteiger partial charge in [-0.1, -0.05) is 28.1 Å². The molecule has 0 aliphatic heterocycles. The number of benzene rings is 1.